The zero-order chi connectivity index (χ0) is 9.80. The van der Waals surface area contributed by atoms with Crippen LogP contribution in [0.1, 0.15) is 55.7 Å². The van der Waals surface area contributed by atoms with Gasteiger partial charge >= 0.3 is 0 Å². The first-order valence-electron chi connectivity index (χ1n) is 5.64. The third-order valence-electron chi connectivity index (χ3n) is 3.25. The van der Waals surface area contributed by atoms with Crippen LogP contribution in [0.4, 0.5) is 0 Å². The van der Waals surface area contributed by atoms with Gasteiger partial charge in [-0.05, 0) is 24.3 Å². The monoisotopic (exact) mass is 193 g/mol. The number of hydrogen-bond acceptors (Lipinski definition) is 2. The summed E-state index contributed by atoms with van der Waals surface area (Å²) in [5, 5.41) is 7.09. The summed E-state index contributed by atoms with van der Waals surface area (Å²) in [5.41, 5.74) is 8.18. The highest BCUT2D eigenvalue weighted by atomic mass is 15.1. The number of nitrogens with one attached hydrogen (secondary N) is 1. The maximum Gasteiger partial charge on any atom is 0.0525 e. The van der Waals surface area contributed by atoms with E-state index in [0.29, 0.717) is 12.5 Å². The highest BCUT2D eigenvalue weighted by molar-refractivity contribution is 5.21. The standard InChI is InChI=1S/C11H19N3/c12-7-11-10(8-13-14-11)9-5-3-1-2-4-6-9/h8-9H,1-7,12H2,(H,13,14). The minimum atomic E-state index is 0.589. The highest BCUT2D eigenvalue weighted by Gasteiger charge is 2.17. The number of nitrogens with two attached hydrogens (primary N) is 1. The molecule has 0 radical (unpaired) electrons. The SMILES string of the molecule is NCc1[nH]ncc1C1CCCCCC1. The highest BCUT2D eigenvalue weighted by Crippen LogP contribution is 2.32. The minimum absolute atomic E-state index is 0.589. The Morgan fingerprint density at radius 1 is 1.29 bits per heavy atom. The van der Waals surface area contributed by atoms with Gasteiger partial charge in [-0.25, -0.2) is 0 Å². The lowest BCUT2D eigenvalue weighted by molar-refractivity contribution is 0.587. The van der Waals surface area contributed by atoms with Gasteiger partial charge in [-0.3, -0.25) is 5.10 Å². The Morgan fingerprint density at radius 3 is 2.64 bits per heavy atom. The summed E-state index contributed by atoms with van der Waals surface area (Å²) in [6, 6.07) is 0. The van der Waals surface area contributed by atoms with Gasteiger partial charge in [-0.15, -0.1) is 0 Å². The molecule has 78 valence electrons. The Kier molecular flexibility index (Phi) is 3.19. The molecular weight excluding hydrogens is 174 g/mol. The number of aromatic amines is 1. The summed E-state index contributed by atoms with van der Waals surface area (Å²) in [6.07, 6.45) is 10.1. The molecule has 3 nitrogen and oxygen atoms in total. The van der Waals surface area contributed by atoms with E-state index in [2.05, 4.69) is 10.2 Å². The predicted molar refractivity (Wildman–Crippen MR) is 56.9 cm³/mol. The van der Waals surface area contributed by atoms with Gasteiger partial charge in [0.25, 0.3) is 0 Å². The average molecular weight is 193 g/mol. The van der Waals surface area contributed by atoms with E-state index in [9.17, 15) is 0 Å². The normalized spacial score (nSPS) is 19.5. The summed E-state index contributed by atoms with van der Waals surface area (Å²) in [6.45, 7) is 0.589. The Morgan fingerprint density at radius 2 is 2.00 bits per heavy atom. The lowest BCUT2D eigenvalue weighted by atomic mass is 9.92. The third kappa shape index (κ3) is 1.98. The van der Waals surface area contributed by atoms with E-state index in [1.54, 1.807) is 0 Å². The van der Waals surface area contributed by atoms with Crippen LogP contribution < -0.4 is 5.73 Å². The predicted octanol–water partition coefficient (Wildman–Crippen LogP) is 2.31. The molecule has 14 heavy (non-hydrogen) atoms. The minimum Gasteiger partial charge on any atom is -0.325 e. The number of H-pyrrole nitrogens is 1. The Bertz CT molecular complexity index is 272. The van der Waals surface area contributed by atoms with Crippen LogP contribution in [0, 0.1) is 0 Å². The average Bonchev–Trinajstić information content (AvgIpc) is 2.52. The van der Waals surface area contributed by atoms with Gasteiger partial charge in [0.1, 0.15) is 0 Å². The van der Waals surface area contributed by atoms with Gasteiger partial charge in [-0.2, -0.15) is 5.10 Å². The molecule has 0 spiro atoms. The molecule has 1 saturated carbocycles. The molecule has 3 heteroatoms. The van der Waals surface area contributed by atoms with E-state index >= 15 is 0 Å². The van der Waals surface area contributed by atoms with Crippen molar-refractivity contribution in [1.29, 1.82) is 0 Å². The van der Waals surface area contributed by atoms with Gasteiger partial charge in [0, 0.05) is 6.54 Å². The molecule has 2 rings (SSSR count). The molecule has 1 aromatic rings. The Hall–Kier alpha value is -0.830. The molecule has 1 aliphatic rings. The van der Waals surface area contributed by atoms with Crippen molar-refractivity contribution in [3.63, 3.8) is 0 Å². The zero-order valence-electron chi connectivity index (χ0n) is 8.63. The smallest absolute Gasteiger partial charge is 0.0525 e. The molecule has 3 N–H and O–H groups in total. The number of hydrogen-bond donors (Lipinski definition) is 2. The summed E-state index contributed by atoms with van der Waals surface area (Å²) in [5.74, 6) is 0.704. The fourth-order valence-corrected chi connectivity index (χ4v) is 2.43. The van der Waals surface area contributed by atoms with Crippen LogP contribution in [-0.4, -0.2) is 10.2 Å². The molecule has 0 bridgehead atoms. The molecule has 0 saturated heterocycles. The molecule has 0 aliphatic heterocycles. The van der Waals surface area contributed by atoms with Crippen LogP contribution in [0.15, 0.2) is 6.20 Å². The second-order valence-corrected chi connectivity index (χ2v) is 4.20. The second-order valence-electron chi connectivity index (χ2n) is 4.20. The third-order valence-corrected chi connectivity index (χ3v) is 3.25. The van der Waals surface area contributed by atoms with Crippen molar-refractivity contribution < 1.29 is 0 Å². The molecule has 0 aromatic carbocycles. The van der Waals surface area contributed by atoms with Crippen molar-refractivity contribution in [2.45, 2.75) is 51.0 Å². The molecule has 1 fully saturated rings. The molecular formula is C11H19N3. The first-order valence-corrected chi connectivity index (χ1v) is 5.64. The van der Waals surface area contributed by atoms with Crippen LogP contribution in [0.3, 0.4) is 0 Å². The maximum absolute atomic E-state index is 5.67. The van der Waals surface area contributed by atoms with Crippen LogP contribution in [0.2, 0.25) is 0 Å². The fourth-order valence-electron chi connectivity index (χ4n) is 2.43. The van der Waals surface area contributed by atoms with E-state index in [1.165, 1.54) is 44.1 Å². The molecule has 0 amide bonds. The topological polar surface area (TPSA) is 54.7 Å². The summed E-state index contributed by atoms with van der Waals surface area (Å²) >= 11 is 0. The number of nitrogens with zero attached hydrogens (tertiary/aromatic N) is 1. The van der Waals surface area contributed by atoms with Crippen LogP contribution in [0.5, 0.6) is 0 Å². The van der Waals surface area contributed by atoms with Crippen molar-refractivity contribution in [3.8, 4) is 0 Å². The summed E-state index contributed by atoms with van der Waals surface area (Å²) in [7, 11) is 0. The zero-order valence-corrected chi connectivity index (χ0v) is 8.63. The molecule has 1 aliphatic carbocycles. The van der Waals surface area contributed by atoms with E-state index in [-0.39, 0.29) is 0 Å². The molecule has 1 aromatic heterocycles. The summed E-state index contributed by atoms with van der Waals surface area (Å²) in [4.78, 5) is 0. The van der Waals surface area contributed by atoms with Crippen LogP contribution in [0.25, 0.3) is 0 Å². The molecule has 1 heterocycles. The molecule has 0 atom stereocenters. The van der Waals surface area contributed by atoms with E-state index in [0.717, 1.165) is 5.69 Å². The second kappa shape index (κ2) is 4.60. The largest absolute Gasteiger partial charge is 0.325 e. The molecule has 0 unspecified atom stereocenters. The van der Waals surface area contributed by atoms with Crippen molar-refractivity contribution in [2.75, 3.05) is 0 Å². The first-order chi connectivity index (χ1) is 6.92. The Labute approximate surface area is 85.1 Å². The lowest BCUT2D eigenvalue weighted by Gasteiger charge is -2.13. The fraction of sp³-hybridized carbons (Fsp3) is 0.727. The number of rotatable bonds is 2. The van der Waals surface area contributed by atoms with Gasteiger partial charge in [0.15, 0.2) is 0 Å². The van der Waals surface area contributed by atoms with Gasteiger partial charge in [-0.1, -0.05) is 25.7 Å². The van der Waals surface area contributed by atoms with E-state index in [1.807, 2.05) is 6.20 Å². The van der Waals surface area contributed by atoms with Crippen LogP contribution >= 0.6 is 0 Å². The van der Waals surface area contributed by atoms with Crippen molar-refractivity contribution >= 4 is 0 Å². The van der Waals surface area contributed by atoms with Crippen LogP contribution in [-0.2, 0) is 6.54 Å². The van der Waals surface area contributed by atoms with E-state index in [4.69, 9.17) is 5.73 Å². The quantitative estimate of drug-likeness (QED) is 0.708. The Balaban J connectivity index is 2.11. The maximum atomic E-state index is 5.67. The van der Waals surface area contributed by atoms with Gasteiger partial charge in [0.2, 0.25) is 0 Å². The van der Waals surface area contributed by atoms with Gasteiger partial charge < -0.3 is 5.73 Å². The van der Waals surface area contributed by atoms with Crippen molar-refractivity contribution in [3.05, 3.63) is 17.5 Å². The van der Waals surface area contributed by atoms with Gasteiger partial charge in [0.05, 0.1) is 11.9 Å². The summed E-state index contributed by atoms with van der Waals surface area (Å²) < 4.78 is 0. The first kappa shape index (κ1) is 9.71. The van der Waals surface area contributed by atoms with Crippen molar-refractivity contribution in [1.82, 2.24) is 10.2 Å². The van der Waals surface area contributed by atoms with Crippen molar-refractivity contribution in [2.24, 2.45) is 5.73 Å². The van der Waals surface area contributed by atoms with E-state index < -0.39 is 0 Å². The number of aromatic nitrogens is 2. The lowest BCUT2D eigenvalue weighted by Crippen LogP contribution is -2.04.